The predicted octanol–water partition coefficient (Wildman–Crippen LogP) is -5.67. The van der Waals surface area contributed by atoms with Gasteiger partial charge in [-0.3, -0.25) is 4.21 Å². The molecule has 0 aliphatic carbocycles. The van der Waals surface area contributed by atoms with E-state index in [9.17, 15) is 34.8 Å². The Kier molecular flexibility index (Phi) is 6.66. The van der Waals surface area contributed by atoms with Gasteiger partial charge in [-0.2, -0.15) is 0 Å². The van der Waals surface area contributed by atoms with Crippen LogP contribution in [0.2, 0.25) is 0 Å². The fourth-order valence-corrected chi connectivity index (χ4v) is 4.29. The molecule has 0 aromatic heterocycles. The highest BCUT2D eigenvalue weighted by Gasteiger charge is 2.52. The van der Waals surface area contributed by atoms with E-state index >= 15 is 0 Å². The zero-order valence-electron chi connectivity index (χ0n) is 12.4. The Hall–Kier alpha value is -0.250. The standard InChI is InChI=1S/C12H22O11S/c13-1-3-5(15)7(17)9(19)11(22-3)24(21)12-10(20)8(18)6(16)4(2-14)23-12/h3-20H,1-2H2/t3-,4-,5-,6-,7+,8+,9-,10-,11?,12?,24?/m0/s1. The van der Waals surface area contributed by atoms with Crippen LogP contribution in [0.3, 0.4) is 0 Å². The number of ether oxygens (including phenoxy) is 2. The number of aliphatic hydroxyl groups excluding tert-OH is 8. The summed E-state index contributed by atoms with van der Waals surface area (Å²) < 4.78 is 22.8. The van der Waals surface area contributed by atoms with Gasteiger partial charge in [-0.1, -0.05) is 0 Å². The van der Waals surface area contributed by atoms with Crippen molar-refractivity contribution < 1.29 is 54.5 Å². The first-order valence-corrected chi connectivity index (χ1v) is 8.52. The van der Waals surface area contributed by atoms with Crippen LogP contribution >= 0.6 is 0 Å². The quantitative estimate of drug-likeness (QED) is 0.233. The van der Waals surface area contributed by atoms with E-state index in [-0.39, 0.29) is 0 Å². The lowest BCUT2D eigenvalue weighted by molar-refractivity contribution is -0.217. The molecule has 2 heterocycles. The van der Waals surface area contributed by atoms with Gasteiger partial charge in [-0.05, 0) is 0 Å². The molecule has 0 aromatic carbocycles. The molecule has 8 N–H and O–H groups in total. The minimum atomic E-state index is -2.38. The molecule has 0 radical (unpaired) electrons. The maximum absolute atomic E-state index is 12.6. The van der Waals surface area contributed by atoms with Gasteiger partial charge in [0.2, 0.25) is 0 Å². The summed E-state index contributed by atoms with van der Waals surface area (Å²) in [6.07, 6.45) is -13.1. The Bertz CT molecular complexity index is 409. The third kappa shape index (κ3) is 3.50. The van der Waals surface area contributed by atoms with Crippen molar-refractivity contribution in [3.8, 4) is 0 Å². The summed E-state index contributed by atoms with van der Waals surface area (Å²) in [5.74, 6) is 0. The van der Waals surface area contributed by atoms with E-state index in [2.05, 4.69) is 0 Å². The van der Waals surface area contributed by atoms with Crippen LogP contribution in [0.25, 0.3) is 0 Å². The van der Waals surface area contributed by atoms with Gasteiger partial charge in [0.15, 0.2) is 10.9 Å². The number of rotatable bonds is 4. The molecular formula is C12H22O11S. The molecule has 2 rings (SSSR count). The molecular weight excluding hydrogens is 352 g/mol. The van der Waals surface area contributed by atoms with Crippen LogP contribution in [0.1, 0.15) is 0 Å². The molecule has 2 aliphatic rings. The van der Waals surface area contributed by atoms with Crippen LogP contribution in [-0.4, -0.2) is 118 Å². The summed E-state index contributed by atoms with van der Waals surface area (Å²) in [5.41, 5.74) is -3.30. The lowest BCUT2D eigenvalue weighted by Gasteiger charge is -2.44. The van der Waals surface area contributed by atoms with Gasteiger partial charge in [0.25, 0.3) is 0 Å². The fourth-order valence-electron chi connectivity index (χ4n) is 2.65. The smallest absolute Gasteiger partial charge is 0.164 e. The van der Waals surface area contributed by atoms with Crippen molar-refractivity contribution in [1.29, 1.82) is 0 Å². The molecule has 2 saturated heterocycles. The molecule has 2 unspecified atom stereocenters. The van der Waals surface area contributed by atoms with Gasteiger partial charge in [0.05, 0.1) is 24.0 Å². The summed E-state index contributed by atoms with van der Waals surface area (Å²) in [6, 6.07) is 0. The van der Waals surface area contributed by atoms with Crippen molar-refractivity contribution in [1.82, 2.24) is 0 Å². The fraction of sp³-hybridized carbons (Fsp3) is 1.00. The van der Waals surface area contributed by atoms with Gasteiger partial charge in [-0.25, -0.2) is 0 Å². The average Bonchev–Trinajstić information content (AvgIpc) is 2.58. The van der Waals surface area contributed by atoms with Crippen molar-refractivity contribution in [3.05, 3.63) is 0 Å². The first-order chi connectivity index (χ1) is 11.2. The second-order valence-electron chi connectivity index (χ2n) is 5.72. The van der Waals surface area contributed by atoms with Crippen LogP contribution < -0.4 is 0 Å². The topological polar surface area (TPSA) is 197 Å². The molecule has 142 valence electrons. The molecule has 12 heteroatoms. The molecule has 2 aliphatic heterocycles. The van der Waals surface area contributed by atoms with Gasteiger partial charge in [0.1, 0.15) is 48.8 Å². The average molecular weight is 374 g/mol. The number of hydrogen-bond acceptors (Lipinski definition) is 11. The Labute approximate surface area is 139 Å². The maximum Gasteiger partial charge on any atom is 0.164 e. The van der Waals surface area contributed by atoms with Gasteiger partial charge >= 0.3 is 0 Å². The number of aliphatic hydroxyl groups is 8. The highest BCUT2D eigenvalue weighted by atomic mass is 32.2. The van der Waals surface area contributed by atoms with Crippen LogP contribution in [0, 0.1) is 0 Å². The molecule has 2 fully saturated rings. The van der Waals surface area contributed by atoms with E-state index < -0.39 is 83.7 Å². The highest BCUT2D eigenvalue weighted by Crippen LogP contribution is 2.30. The van der Waals surface area contributed by atoms with Gasteiger partial charge < -0.3 is 50.3 Å². The largest absolute Gasteiger partial charge is 0.394 e. The third-order valence-electron chi connectivity index (χ3n) is 4.15. The number of hydrogen-bond donors (Lipinski definition) is 8. The molecule has 0 bridgehead atoms. The lowest BCUT2D eigenvalue weighted by atomic mass is 10.0. The van der Waals surface area contributed by atoms with Crippen molar-refractivity contribution >= 4 is 10.8 Å². The van der Waals surface area contributed by atoms with Crippen molar-refractivity contribution in [2.75, 3.05) is 13.2 Å². The summed E-state index contributed by atoms with van der Waals surface area (Å²) >= 11 is 0. The van der Waals surface area contributed by atoms with Crippen molar-refractivity contribution in [3.63, 3.8) is 0 Å². The molecule has 10 atom stereocenters. The molecule has 0 spiro atoms. The third-order valence-corrected chi connectivity index (χ3v) is 5.85. The maximum atomic E-state index is 12.6. The molecule has 0 amide bonds. The predicted molar refractivity (Wildman–Crippen MR) is 75.7 cm³/mol. The monoisotopic (exact) mass is 374 g/mol. The van der Waals surface area contributed by atoms with E-state index in [1.807, 2.05) is 0 Å². The van der Waals surface area contributed by atoms with E-state index in [0.717, 1.165) is 0 Å². The Morgan fingerprint density at radius 2 is 0.958 bits per heavy atom. The normalized spacial score (nSPS) is 51.3. The summed E-state index contributed by atoms with van der Waals surface area (Å²) in [4.78, 5) is 0. The van der Waals surface area contributed by atoms with Crippen LogP contribution in [0.15, 0.2) is 0 Å². The SMILES string of the molecule is O=S(C1O[C@@H](CO)[C@H](O)[C@@H](O)[C@@H]1O)C1O[C@@H](CO)[C@H](O)[C@@H](O)[C@@H]1O. The van der Waals surface area contributed by atoms with E-state index in [4.69, 9.17) is 19.7 Å². The summed E-state index contributed by atoms with van der Waals surface area (Å²) in [6.45, 7) is -1.46. The van der Waals surface area contributed by atoms with Crippen molar-refractivity contribution in [2.45, 2.75) is 59.7 Å². The second-order valence-corrected chi connectivity index (χ2v) is 7.31. The summed E-state index contributed by atoms with van der Waals surface area (Å²) in [7, 11) is -2.38. The zero-order chi connectivity index (χ0) is 18.2. The zero-order valence-corrected chi connectivity index (χ0v) is 13.2. The van der Waals surface area contributed by atoms with E-state index in [0.29, 0.717) is 0 Å². The molecule has 0 saturated carbocycles. The van der Waals surface area contributed by atoms with Crippen molar-refractivity contribution in [2.24, 2.45) is 0 Å². The minimum Gasteiger partial charge on any atom is -0.394 e. The lowest BCUT2D eigenvalue weighted by Crippen LogP contribution is -2.64. The Morgan fingerprint density at radius 3 is 1.25 bits per heavy atom. The second kappa shape index (κ2) is 7.97. The van der Waals surface area contributed by atoms with Gasteiger partial charge in [0, 0.05) is 0 Å². The van der Waals surface area contributed by atoms with Crippen LogP contribution in [-0.2, 0) is 20.3 Å². The molecule has 24 heavy (non-hydrogen) atoms. The first-order valence-electron chi connectivity index (χ1n) is 7.25. The van der Waals surface area contributed by atoms with E-state index in [1.54, 1.807) is 0 Å². The van der Waals surface area contributed by atoms with Crippen LogP contribution in [0.4, 0.5) is 0 Å². The Balaban J connectivity index is 2.20. The highest BCUT2D eigenvalue weighted by molar-refractivity contribution is 7.86. The molecule has 11 nitrogen and oxygen atoms in total. The Morgan fingerprint density at radius 1 is 0.625 bits per heavy atom. The minimum absolute atomic E-state index is 0.729. The van der Waals surface area contributed by atoms with E-state index in [1.165, 1.54) is 0 Å². The molecule has 0 aromatic rings. The van der Waals surface area contributed by atoms with Gasteiger partial charge in [-0.15, -0.1) is 0 Å². The van der Waals surface area contributed by atoms with Crippen LogP contribution in [0.5, 0.6) is 0 Å². The first kappa shape index (κ1) is 20.1. The summed E-state index contributed by atoms with van der Waals surface area (Å²) in [5, 5.41) is 76.9.